The van der Waals surface area contributed by atoms with Crippen LogP contribution in [0, 0.1) is 0 Å². The van der Waals surface area contributed by atoms with Crippen molar-refractivity contribution in [3.05, 3.63) is 40.6 Å². The van der Waals surface area contributed by atoms with E-state index in [1.807, 2.05) is 4.90 Å². The Morgan fingerprint density at radius 3 is 2.87 bits per heavy atom. The molecule has 1 amide bonds. The molecule has 30 heavy (non-hydrogen) atoms. The number of carbonyl (C=O) groups is 1. The summed E-state index contributed by atoms with van der Waals surface area (Å²) in [6.45, 7) is 3.72. The fourth-order valence-electron chi connectivity index (χ4n) is 4.21. The maximum atomic E-state index is 11.9. The number of phenolic OH excluding ortho intramolecular Hbond substituents is 1. The third-order valence-corrected chi connectivity index (χ3v) is 6.37. The molecule has 0 bridgehead atoms. The molecule has 0 saturated carbocycles. The zero-order valence-corrected chi connectivity index (χ0v) is 17.6. The highest BCUT2D eigenvalue weighted by Gasteiger charge is 2.35. The van der Waals surface area contributed by atoms with Gasteiger partial charge in [-0.2, -0.15) is 0 Å². The summed E-state index contributed by atoms with van der Waals surface area (Å²) in [7, 11) is 0. The summed E-state index contributed by atoms with van der Waals surface area (Å²) in [4.78, 5) is 24.8. The average Bonchev–Trinajstić information content (AvgIpc) is 2.89. The summed E-state index contributed by atoms with van der Waals surface area (Å²) in [6.07, 6.45) is 1.51. The first-order valence-corrected chi connectivity index (χ1v) is 10.3. The Morgan fingerprint density at radius 1 is 1.27 bits per heavy atom. The van der Waals surface area contributed by atoms with E-state index in [0.717, 1.165) is 11.2 Å². The molecule has 154 valence electrons. The number of benzene rings is 2. The van der Waals surface area contributed by atoms with Crippen molar-refractivity contribution in [2.24, 2.45) is 0 Å². The number of rotatable bonds is 1. The number of aromatic hydroxyl groups is 1. The van der Waals surface area contributed by atoms with Gasteiger partial charge < -0.3 is 19.6 Å². The lowest BCUT2D eigenvalue weighted by molar-refractivity contribution is -0.129. The Balaban J connectivity index is 1.70. The summed E-state index contributed by atoms with van der Waals surface area (Å²) >= 11 is 13.2. The maximum Gasteiger partial charge on any atom is 0.219 e. The van der Waals surface area contributed by atoms with Gasteiger partial charge in [0.2, 0.25) is 5.91 Å². The van der Waals surface area contributed by atoms with Crippen molar-refractivity contribution < 1.29 is 14.6 Å². The molecule has 1 saturated heterocycles. The van der Waals surface area contributed by atoms with E-state index in [-0.39, 0.29) is 17.7 Å². The maximum absolute atomic E-state index is 11.9. The molecule has 5 rings (SSSR count). The van der Waals surface area contributed by atoms with Crippen LogP contribution in [0.15, 0.2) is 30.6 Å². The molecular weight excluding hydrogens is 427 g/mol. The molecular formula is C21H18Cl2N4O3. The van der Waals surface area contributed by atoms with Crippen LogP contribution in [0.25, 0.3) is 22.0 Å². The average molecular weight is 445 g/mol. The number of anilines is 1. The van der Waals surface area contributed by atoms with Gasteiger partial charge in [-0.3, -0.25) is 4.79 Å². The minimum absolute atomic E-state index is 0.0216. The first kappa shape index (κ1) is 19.2. The van der Waals surface area contributed by atoms with Crippen molar-refractivity contribution in [1.82, 2.24) is 14.9 Å². The molecule has 3 aromatic rings. The van der Waals surface area contributed by atoms with Gasteiger partial charge >= 0.3 is 0 Å². The lowest BCUT2D eigenvalue weighted by Crippen LogP contribution is -2.56. The fourth-order valence-corrected chi connectivity index (χ4v) is 4.78. The van der Waals surface area contributed by atoms with Crippen molar-refractivity contribution in [2.45, 2.75) is 13.0 Å². The summed E-state index contributed by atoms with van der Waals surface area (Å²) in [6, 6.07) is 6.66. The van der Waals surface area contributed by atoms with E-state index in [1.54, 1.807) is 31.2 Å². The third-order valence-electron chi connectivity index (χ3n) is 5.68. The second kappa shape index (κ2) is 7.18. The number of piperazine rings is 1. The monoisotopic (exact) mass is 444 g/mol. The highest BCUT2D eigenvalue weighted by atomic mass is 35.5. The summed E-state index contributed by atoms with van der Waals surface area (Å²) in [5, 5.41) is 11.8. The van der Waals surface area contributed by atoms with E-state index < -0.39 is 0 Å². The molecule has 0 aliphatic carbocycles. The van der Waals surface area contributed by atoms with E-state index in [4.69, 9.17) is 27.9 Å². The minimum Gasteiger partial charge on any atom is -0.507 e. The Morgan fingerprint density at radius 2 is 2.10 bits per heavy atom. The van der Waals surface area contributed by atoms with Crippen LogP contribution in [-0.4, -0.2) is 58.2 Å². The lowest BCUT2D eigenvalue weighted by Gasteiger charge is -2.40. The Labute approximate surface area is 182 Å². The summed E-state index contributed by atoms with van der Waals surface area (Å²) in [5.74, 6) is 1.26. The smallest absolute Gasteiger partial charge is 0.219 e. The van der Waals surface area contributed by atoms with Crippen molar-refractivity contribution in [1.29, 1.82) is 0 Å². The molecule has 0 spiro atoms. The van der Waals surface area contributed by atoms with Crippen molar-refractivity contribution in [2.75, 3.05) is 31.1 Å². The molecule has 1 aromatic heterocycles. The van der Waals surface area contributed by atoms with Gasteiger partial charge in [0.25, 0.3) is 0 Å². The van der Waals surface area contributed by atoms with Gasteiger partial charge in [-0.05, 0) is 18.2 Å². The number of carbonyl (C=O) groups excluding carboxylic acids is 1. The van der Waals surface area contributed by atoms with Crippen LogP contribution in [0.1, 0.15) is 6.92 Å². The van der Waals surface area contributed by atoms with Crippen LogP contribution >= 0.6 is 23.2 Å². The third kappa shape index (κ3) is 2.92. The number of ether oxygens (including phenoxy) is 1. The quantitative estimate of drug-likeness (QED) is 0.615. The zero-order chi connectivity index (χ0) is 21.0. The standard InChI is InChI=1S/C21H18Cl2N4O3/c1-11(28)26-5-6-27-12(8-26)9-30-20-18-15(24-10-25-21(18)27)7-13(19(20)23)17-14(22)3-2-4-16(17)29/h2-4,7,10,12,29H,5-6,8-9H2,1H3/t12-/m0/s1. The zero-order valence-electron chi connectivity index (χ0n) is 16.1. The second-order valence-electron chi connectivity index (χ2n) is 7.42. The van der Waals surface area contributed by atoms with Gasteiger partial charge in [0.1, 0.15) is 24.5 Å². The first-order valence-electron chi connectivity index (χ1n) is 9.55. The number of amides is 1. The Kier molecular flexibility index (Phi) is 4.60. The van der Waals surface area contributed by atoms with Crippen molar-refractivity contribution in [3.63, 3.8) is 0 Å². The molecule has 2 aromatic carbocycles. The summed E-state index contributed by atoms with van der Waals surface area (Å²) in [5.41, 5.74) is 1.61. The molecule has 3 heterocycles. The van der Waals surface area contributed by atoms with Crippen LogP contribution in [0.5, 0.6) is 11.5 Å². The second-order valence-corrected chi connectivity index (χ2v) is 8.20. The van der Waals surface area contributed by atoms with Gasteiger partial charge in [0, 0.05) is 37.7 Å². The predicted molar refractivity (Wildman–Crippen MR) is 116 cm³/mol. The van der Waals surface area contributed by atoms with E-state index >= 15 is 0 Å². The van der Waals surface area contributed by atoms with Crippen molar-refractivity contribution >= 4 is 45.8 Å². The van der Waals surface area contributed by atoms with Gasteiger partial charge in [-0.1, -0.05) is 29.3 Å². The normalized spacial score (nSPS) is 18.0. The Bertz CT molecular complexity index is 1170. The van der Waals surface area contributed by atoms with Crippen molar-refractivity contribution in [3.8, 4) is 22.6 Å². The molecule has 7 nitrogen and oxygen atoms in total. The largest absolute Gasteiger partial charge is 0.507 e. The van der Waals surface area contributed by atoms with E-state index in [0.29, 0.717) is 58.7 Å². The van der Waals surface area contributed by atoms with E-state index in [9.17, 15) is 9.90 Å². The molecule has 2 aliphatic rings. The number of hydrogen-bond donors (Lipinski definition) is 1. The minimum atomic E-state index is -0.0543. The van der Waals surface area contributed by atoms with E-state index in [1.165, 1.54) is 6.33 Å². The number of nitrogens with zero attached hydrogens (tertiary/aromatic N) is 4. The van der Waals surface area contributed by atoms with Gasteiger partial charge in [0.15, 0.2) is 5.75 Å². The van der Waals surface area contributed by atoms with Gasteiger partial charge in [-0.25, -0.2) is 9.97 Å². The number of fused-ring (bicyclic) bond motifs is 2. The first-order chi connectivity index (χ1) is 14.5. The summed E-state index contributed by atoms with van der Waals surface area (Å²) < 4.78 is 6.17. The molecule has 0 radical (unpaired) electrons. The lowest BCUT2D eigenvalue weighted by atomic mass is 10.0. The topological polar surface area (TPSA) is 78.8 Å². The van der Waals surface area contributed by atoms with Crippen LogP contribution in [-0.2, 0) is 4.79 Å². The molecule has 9 heteroatoms. The SMILES string of the molecule is CC(=O)N1CCN2c3ncnc4cc(-c5c(O)cccc5Cl)c(Cl)c(c34)OC[C@@H]2C1. The van der Waals surface area contributed by atoms with Crippen LogP contribution in [0.4, 0.5) is 5.82 Å². The molecule has 1 fully saturated rings. The number of phenols is 1. The fraction of sp³-hybridized carbons (Fsp3) is 0.286. The molecule has 1 N–H and O–H groups in total. The number of halogens is 2. The predicted octanol–water partition coefficient (Wildman–Crippen LogP) is 3.74. The molecule has 0 unspecified atom stereocenters. The van der Waals surface area contributed by atoms with Gasteiger partial charge in [0.05, 0.1) is 27.0 Å². The highest BCUT2D eigenvalue weighted by Crippen LogP contribution is 2.48. The van der Waals surface area contributed by atoms with E-state index in [2.05, 4.69) is 14.9 Å². The van der Waals surface area contributed by atoms with Crippen LogP contribution in [0.2, 0.25) is 10.0 Å². The van der Waals surface area contributed by atoms with Gasteiger partial charge in [-0.15, -0.1) is 0 Å². The molecule has 1 atom stereocenters. The van der Waals surface area contributed by atoms with Crippen LogP contribution in [0.3, 0.4) is 0 Å². The Hall–Kier alpha value is -2.77. The number of hydrogen-bond acceptors (Lipinski definition) is 6. The van der Waals surface area contributed by atoms with Crippen LogP contribution < -0.4 is 9.64 Å². The highest BCUT2D eigenvalue weighted by molar-refractivity contribution is 6.39. The molecule has 2 aliphatic heterocycles. The number of aromatic nitrogens is 2.